The van der Waals surface area contributed by atoms with Crippen molar-refractivity contribution in [1.82, 2.24) is 19.7 Å². The average molecular weight is 414 g/mol. The number of amides is 2. The number of rotatable bonds is 5. The predicted octanol–water partition coefficient (Wildman–Crippen LogP) is 3.97. The Morgan fingerprint density at radius 3 is 2.45 bits per heavy atom. The molecule has 2 aromatic heterocycles. The Morgan fingerprint density at radius 1 is 1.14 bits per heavy atom. The van der Waals surface area contributed by atoms with Gasteiger partial charge in [0, 0.05) is 31.5 Å². The third-order valence-corrected chi connectivity index (χ3v) is 5.16. The van der Waals surface area contributed by atoms with Crippen molar-refractivity contribution in [2.24, 2.45) is 7.05 Å². The maximum atomic E-state index is 13.0. The third kappa shape index (κ3) is 3.96. The number of pyridine rings is 1. The molecule has 0 spiro atoms. The van der Waals surface area contributed by atoms with Crippen molar-refractivity contribution in [2.75, 3.05) is 18.4 Å². The molecule has 29 heavy (non-hydrogen) atoms. The first-order valence-corrected chi connectivity index (χ1v) is 9.85. The zero-order valence-electron chi connectivity index (χ0n) is 17.2. The fourth-order valence-electron chi connectivity index (χ4n) is 3.39. The van der Waals surface area contributed by atoms with Gasteiger partial charge >= 0.3 is 0 Å². The predicted molar refractivity (Wildman–Crippen MR) is 115 cm³/mol. The summed E-state index contributed by atoms with van der Waals surface area (Å²) in [6.07, 6.45) is 0. The van der Waals surface area contributed by atoms with Crippen molar-refractivity contribution in [2.45, 2.75) is 27.7 Å². The molecule has 0 aliphatic heterocycles. The number of aromatic nitrogens is 3. The van der Waals surface area contributed by atoms with E-state index in [1.165, 1.54) is 0 Å². The first-order valence-electron chi connectivity index (χ1n) is 9.47. The summed E-state index contributed by atoms with van der Waals surface area (Å²) in [5.41, 5.74) is 3.55. The smallest absolute Gasteiger partial charge is 0.256 e. The summed E-state index contributed by atoms with van der Waals surface area (Å²) in [5.74, 6) is -0.411. The fourth-order valence-corrected chi connectivity index (χ4v) is 3.66. The molecule has 3 aromatic rings. The van der Waals surface area contributed by atoms with Gasteiger partial charge < -0.3 is 10.2 Å². The first kappa shape index (κ1) is 20.8. The standard InChI is InChI=1S/C21H24ClN5O2/c1-6-27(7-2)21(29)15-9-8-14(11-17(15)22)24-20(28)16-10-12(3)23-19-18(16)13(4)25-26(19)5/h8-11H,6-7H2,1-5H3,(H,24,28). The molecule has 3 rings (SSSR count). The summed E-state index contributed by atoms with van der Waals surface area (Å²) < 4.78 is 1.67. The molecule has 8 heteroatoms. The second kappa shape index (κ2) is 8.21. The Bertz CT molecular complexity index is 1100. The monoisotopic (exact) mass is 413 g/mol. The van der Waals surface area contributed by atoms with Crippen molar-refractivity contribution < 1.29 is 9.59 Å². The van der Waals surface area contributed by atoms with Gasteiger partial charge in [-0.3, -0.25) is 14.3 Å². The Morgan fingerprint density at radius 2 is 1.83 bits per heavy atom. The van der Waals surface area contributed by atoms with Crippen LogP contribution in [0.25, 0.3) is 11.0 Å². The zero-order valence-corrected chi connectivity index (χ0v) is 18.0. The molecule has 2 amide bonds. The summed E-state index contributed by atoms with van der Waals surface area (Å²) in [7, 11) is 1.80. The molecule has 0 unspecified atom stereocenters. The van der Waals surface area contributed by atoms with Gasteiger partial charge in [0.15, 0.2) is 5.65 Å². The number of anilines is 1. The van der Waals surface area contributed by atoms with Crippen LogP contribution in [0.15, 0.2) is 24.3 Å². The summed E-state index contributed by atoms with van der Waals surface area (Å²) >= 11 is 6.34. The molecule has 0 aliphatic rings. The van der Waals surface area contributed by atoms with E-state index in [-0.39, 0.29) is 11.8 Å². The largest absolute Gasteiger partial charge is 0.339 e. The number of benzene rings is 1. The molecular weight excluding hydrogens is 390 g/mol. The van der Waals surface area contributed by atoms with Crippen molar-refractivity contribution in [3.8, 4) is 0 Å². The van der Waals surface area contributed by atoms with Gasteiger partial charge in [0.1, 0.15) is 0 Å². The van der Waals surface area contributed by atoms with Crippen LogP contribution < -0.4 is 5.32 Å². The second-order valence-corrected chi connectivity index (χ2v) is 7.25. The van der Waals surface area contributed by atoms with E-state index in [0.29, 0.717) is 40.6 Å². The van der Waals surface area contributed by atoms with Crippen molar-refractivity contribution in [1.29, 1.82) is 0 Å². The van der Waals surface area contributed by atoms with E-state index in [1.807, 2.05) is 27.7 Å². The van der Waals surface area contributed by atoms with Crippen LogP contribution in [0.1, 0.15) is 46.0 Å². The van der Waals surface area contributed by atoms with E-state index in [2.05, 4.69) is 15.4 Å². The zero-order chi connectivity index (χ0) is 21.3. The second-order valence-electron chi connectivity index (χ2n) is 6.85. The number of carbonyl (C=O) groups is 2. The number of hydrogen-bond acceptors (Lipinski definition) is 4. The van der Waals surface area contributed by atoms with Gasteiger partial charge in [0.05, 0.1) is 27.2 Å². The van der Waals surface area contributed by atoms with E-state index in [1.54, 1.807) is 40.9 Å². The van der Waals surface area contributed by atoms with Crippen LogP contribution in [-0.4, -0.2) is 44.6 Å². The Kier molecular flexibility index (Phi) is 5.88. The van der Waals surface area contributed by atoms with Crippen molar-refractivity contribution in [3.05, 3.63) is 51.8 Å². The highest BCUT2D eigenvalue weighted by Gasteiger charge is 2.19. The topological polar surface area (TPSA) is 80.1 Å². The Balaban J connectivity index is 1.92. The number of halogens is 1. The van der Waals surface area contributed by atoms with E-state index in [4.69, 9.17) is 11.6 Å². The molecule has 1 N–H and O–H groups in total. The molecule has 1 aromatic carbocycles. The van der Waals surface area contributed by atoms with Crippen LogP contribution in [0.3, 0.4) is 0 Å². The summed E-state index contributed by atoms with van der Waals surface area (Å²) in [4.78, 5) is 31.7. The van der Waals surface area contributed by atoms with E-state index >= 15 is 0 Å². The van der Waals surface area contributed by atoms with Crippen LogP contribution in [0, 0.1) is 13.8 Å². The normalized spacial score (nSPS) is 11.0. The molecule has 0 aliphatic carbocycles. The minimum Gasteiger partial charge on any atom is -0.339 e. The molecule has 2 heterocycles. The van der Waals surface area contributed by atoms with Crippen molar-refractivity contribution in [3.63, 3.8) is 0 Å². The van der Waals surface area contributed by atoms with E-state index < -0.39 is 0 Å². The lowest BCUT2D eigenvalue weighted by Gasteiger charge is -2.19. The lowest BCUT2D eigenvalue weighted by molar-refractivity contribution is 0.0773. The van der Waals surface area contributed by atoms with Gasteiger partial charge in [0.25, 0.3) is 11.8 Å². The van der Waals surface area contributed by atoms with Gasteiger partial charge in [-0.15, -0.1) is 0 Å². The van der Waals surface area contributed by atoms with Gasteiger partial charge in [-0.2, -0.15) is 5.10 Å². The molecule has 0 saturated heterocycles. The van der Waals surface area contributed by atoms with Crippen LogP contribution in [0.2, 0.25) is 5.02 Å². The maximum Gasteiger partial charge on any atom is 0.256 e. The summed E-state index contributed by atoms with van der Waals surface area (Å²) in [6, 6.07) is 6.66. The molecule has 7 nitrogen and oxygen atoms in total. The average Bonchev–Trinajstić information content (AvgIpc) is 2.95. The number of hydrogen-bond donors (Lipinski definition) is 1. The van der Waals surface area contributed by atoms with E-state index in [9.17, 15) is 9.59 Å². The molecule has 0 atom stereocenters. The van der Waals surface area contributed by atoms with Crippen molar-refractivity contribution >= 4 is 40.1 Å². The highest BCUT2D eigenvalue weighted by Crippen LogP contribution is 2.25. The number of nitrogens with one attached hydrogen (secondary N) is 1. The maximum absolute atomic E-state index is 13.0. The molecule has 0 radical (unpaired) electrons. The number of fused-ring (bicyclic) bond motifs is 1. The van der Waals surface area contributed by atoms with Crippen LogP contribution in [0.5, 0.6) is 0 Å². The highest BCUT2D eigenvalue weighted by atomic mass is 35.5. The van der Waals surface area contributed by atoms with Gasteiger partial charge in [0.2, 0.25) is 0 Å². The Labute approximate surface area is 174 Å². The summed E-state index contributed by atoms with van der Waals surface area (Å²) in [5, 5.41) is 8.25. The number of nitrogens with zero attached hydrogens (tertiary/aromatic N) is 4. The molecular formula is C21H24ClN5O2. The van der Waals surface area contributed by atoms with Gasteiger partial charge in [-0.25, -0.2) is 4.98 Å². The number of carbonyl (C=O) groups excluding carboxylic acids is 2. The third-order valence-electron chi connectivity index (χ3n) is 4.85. The first-order chi connectivity index (χ1) is 13.8. The van der Waals surface area contributed by atoms with Gasteiger partial charge in [-0.05, 0) is 52.0 Å². The molecule has 0 bridgehead atoms. The van der Waals surface area contributed by atoms with Crippen LogP contribution >= 0.6 is 11.6 Å². The van der Waals surface area contributed by atoms with Crippen LogP contribution in [0.4, 0.5) is 5.69 Å². The molecule has 152 valence electrons. The number of aryl methyl sites for hydroxylation is 3. The molecule has 0 fully saturated rings. The van der Waals surface area contributed by atoms with Gasteiger partial charge in [-0.1, -0.05) is 11.6 Å². The van der Waals surface area contributed by atoms with E-state index in [0.717, 1.165) is 16.8 Å². The quantitative estimate of drug-likeness (QED) is 0.686. The minimum absolute atomic E-state index is 0.129. The summed E-state index contributed by atoms with van der Waals surface area (Å²) in [6.45, 7) is 8.73. The minimum atomic E-state index is -0.282. The fraction of sp³-hybridized carbons (Fsp3) is 0.333. The lowest BCUT2D eigenvalue weighted by atomic mass is 10.1. The Hall–Kier alpha value is -2.93. The lowest BCUT2D eigenvalue weighted by Crippen LogP contribution is -2.30. The SMILES string of the molecule is CCN(CC)C(=O)c1ccc(NC(=O)c2cc(C)nc3c2c(C)nn3C)cc1Cl. The molecule has 0 saturated carbocycles. The highest BCUT2D eigenvalue weighted by molar-refractivity contribution is 6.34. The van der Waals surface area contributed by atoms with Crippen LogP contribution in [-0.2, 0) is 7.05 Å².